The number of anilines is 1. The first-order valence-electron chi connectivity index (χ1n) is 5.81. The summed E-state index contributed by atoms with van der Waals surface area (Å²) in [6.07, 6.45) is 0. The van der Waals surface area contributed by atoms with Gasteiger partial charge in [0.15, 0.2) is 0 Å². The highest BCUT2D eigenvalue weighted by Crippen LogP contribution is 2.18. The number of aryl methyl sites for hydroxylation is 2. The van der Waals surface area contributed by atoms with Crippen LogP contribution in [0.15, 0.2) is 36.4 Å². The molecule has 0 fully saturated rings. The standard InChI is InChI=1S/C15H15ClFN/c1-10-5-14(17)8-15(6-10)18-9-12-3-4-13(16)7-11(12)2/h3-8,18H,9H2,1-2H3. The van der Waals surface area contributed by atoms with Crippen LogP contribution in [0.4, 0.5) is 10.1 Å². The smallest absolute Gasteiger partial charge is 0.125 e. The molecule has 94 valence electrons. The minimum Gasteiger partial charge on any atom is -0.381 e. The molecule has 18 heavy (non-hydrogen) atoms. The molecule has 0 aliphatic rings. The van der Waals surface area contributed by atoms with E-state index in [1.54, 1.807) is 0 Å². The summed E-state index contributed by atoms with van der Waals surface area (Å²) in [6.45, 7) is 4.55. The maximum absolute atomic E-state index is 13.2. The molecule has 3 heteroatoms. The quantitative estimate of drug-likeness (QED) is 0.846. The van der Waals surface area contributed by atoms with Crippen molar-refractivity contribution >= 4 is 17.3 Å². The zero-order valence-electron chi connectivity index (χ0n) is 10.4. The van der Waals surface area contributed by atoms with Gasteiger partial charge in [-0.15, -0.1) is 0 Å². The first kappa shape index (κ1) is 12.9. The van der Waals surface area contributed by atoms with Crippen molar-refractivity contribution in [3.63, 3.8) is 0 Å². The predicted molar refractivity (Wildman–Crippen MR) is 74.7 cm³/mol. The summed E-state index contributed by atoms with van der Waals surface area (Å²) in [5, 5.41) is 3.95. The lowest BCUT2D eigenvalue weighted by Gasteiger charge is -2.10. The summed E-state index contributed by atoms with van der Waals surface area (Å²) in [6, 6.07) is 10.7. The molecule has 1 nitrogen and oxygen atoms in total. The molecule has 2 rings (SSSR count). The molecule has 0 radical (unpaired) electrons. The molecule has 0 aliphatic heterocycles. The fraction of sp³-hybridized carbons (Fsp3) is 0.200. The molecule has 2 aromatic carbocycles. The van der Waals surface area contributed by atoms with Crippen molar-refractivity contribution < 1.29 is 4.39 Å². The zero-order valence-corrected chi connectivity index (χ0v) is 11.2. The minimum atomic E-state index is -0.217. The third kappa shape index (κ3) is 3.23. The number of hydrogen-bond donors (Lipinski definition) is 1. The largest absolute Gasteiger partial charge is 0.381 e. The molecule has 0 atom stereocenters. The molecule has 0 heterocycles. The van der Waals surface area contributed by atoms with Crippen molar-refractivity contribution in [2.45, 2.75) is 20.4 Å². The van der Waals surface area contributed by atoms with Gasteiger partial charge in [0.25, 0.3) is 0 Å². The molecule has 0 unspecified atom stereocenters. The van der Waals surface area contributed by atoms with E-state index in [4.69, 9.17) is 11.6 Å². The van der Waals surface area contributed by atoms with Crippen LogP contribution in [0.25, 0.3) is 0 Å². The van der Waals surface area contributed by atoms with Gasteiger partial charge in [0.05, 0.1) is 0 Å². The molecule has 0 saturated carbocycles. The molecule has 0 amide bonds. The highest BCUT2D eigenvalue weighted by Gasteiger charge is 2.01. The second-order valence-electron chi connectivity index (χ2n) is 4.44. The van der Waals surface area contributed by atoms with E-state index in [1.807, 2.05) is 38.1 Å². The van der Waals surface area contributed by atoms with Gasteiger partial charge >= 0.3 is 0 Å². The monoisotopic (exact) mass is 263 g/mol. The summed E-state index contributed by atoms with van der Waals surface area (Å²) in [7, 11) is 0. The first-order valence-corrected chi connectivity index (χ1v) is 6.18. The van der Waals surface area contributed by atoms with Crippen LogP contribution in [0.3, 0.4) is 0 Å². The maximum atomic E-state index is 13.2. The van der Waals surface area contributed by atoms with Gasteiger partial charge in [0.1, 0.15) is 5.82 Å². The lowest BCUT2D eigenvalue weighted by Crippen LogP contribution is -2.01. The topological polar surface area (TPSA) is 12.0 Å². The van der Waals surface area contributed by atoms with E-state index in [0.717, 1.165) is 27.4 Å². The molecule has 1 N–H and O–H groups in total. The van der Waals surface area contributed by atoms with Gasteiger partial charge in [-0.05, 0) is 60.9 Å². The van der Waals surface area contributed by atoms with Crippen LogP contribution in [0.1, 0.15) is 16.7 Å². The highest BCUT2D eigenvalue weighted by molar-refractivity contribution is 6.30. The fourth-order valence-corrected chi connectivity index (χ4v) is 2.12. The van der Waals surface area contributed by atoms with E-state index >= 15 is 0 Å². The third-order valence-electron chi connectivity index (χ3n) is 2.83. The van der Waals surface area contributed by atoms with E-state index < -0.39 is 0 Å². The second-order valence-corrected chi connectivity index (χ2v) is 4.88. The lowest BCUT2D eigenvalue weighted by molar-refractivity contribution is 0.627. The van der Waals surface area contributed by atoms with Gasteiger partial charge in [-0.25, -0.2) is 4.39 Å². The Morgan fingerprint density at radius 1 is 1.11 bits per heavy atom. The van der Waals surface area contributed by atoms with Crippen LogP contribution < -0.4 is 5.32 Å². The third-order valence-corrected chi connectivity index (χ3v) is 3.06. The molecule has 0 bridgehead atoms. The normalized spacial score (nSPS) is 10.4. The Morgan fingerprint density at radius 2 is 1.89 bits per heavy atom. The number of halogens is 2. The number of rotatable bonds is 3. The lowest BCUT2D eigenvalue weighted by atomic mass is 10.1. The van der Waals surface area contributed by atoms with Gasteiger partial charge < -0.3 is 5.32 Å². The SMILES string of the molecule is Cc1cc(F)cc(NCc2ccc(Cl)cc2C)c1. The van der Waals surface area contributed by atoms with Gasteiger partial charge in [-0.3, -0.25) is 0 Å². The number of nitrogens with one attached hydrogen (secondary N) is 1. The van der Waals surface area contributed by atoms with Crippen LogP contribution >= 0.6 is 11.6 Å². The number of benzene rings is 2. The Morgan fingerprint density at radius 3 is 2.56 bits per heavy atom. The van der Waals surface area contributed by atoms with E-state index in [2.05, 4.69) is 5.32 Å². The van der Waals surface area contributed by atoms with E-state index in [0.29, 0.717) is 6.54 Å². The average Bonchev–Trinajstić information content (AvgIpc) is 2.26. The summed E-state index contributed by atoms with van der Waals surface area (Å²) in [4.78, 5) is 0. The minimum absolute atomic E-state index is 0.217. The molecular weight excluding hydrogens is 249 g/mol. The van der Waals surface area contributed by atoms with Crippen LogP contribution in [-0.4, -0.2) is 0 Å². The summed E-state index contributed by atoms with van der Waals surface area (Å²) in [5.74, 6) is -0.217. The predicted octanol–water partition coefficient (Wildman–Crippen LogP) is 4.71. The van der Waals surface area contributed by atoms with Gasteiger partial charge in [0, 0.05) is 17.3 Å². The summed E-state index contributed by atoms with van der Waals surface area (Å²) < 4.78 is 13.2. The van der Waals surface area contributed by atoms with Crippen LogP contribution in [0.5, 0.6) is 0 Å². The Bertz CT molecular complexity index is 546. The Kier molecular flexibility index (Phi) is 3.87. The van der Waals surface area contributed by atoms with Crippen LogP contribution in [0, 0.1) is 19.7 Å². The summed E-state index contributed by atoms with van der Waals surface area (Å²) in [5.41, 5.74) is 3.98. The second kappa shape index (κ2) is 5.40. The molecule has 0 aliphatic carbocycles. The molecular formula is C15H15ClFN. The van der Waals surface area contributed by atoms with E-state index in [1.165, 1.54) is 12.1 Å². The van der Waals surface area contributed by atoms with E-state index in [9.17, 15) is 4.39 Å². The van der Waals surface area contributed by atoms with Gasteiger partial charge in [-0.2, -0.15) is 0 Å². The van der Waals surface area contributed by atoms with Crippen molar-refractivity contribution in [1.29, 1.82) is 0 Å². The van der Waals surface area contributed by atoms with Crippen LogP contribution in [0.2, 0.25) is 5.02 Å². The van der Waals surface area contributed by atoms with Crippen molar-refractivity contribution in [3.8, 4) is 0 Å². The van der Waals surface area contributed by atoms with Crippen LogP contribution in [-0.2, 0) is 6.54 Å². The molecule has 0 spiro atoms. The Hall–Kier alpha value is -1.54. The average molecular weight is 264 g/mol. The van der Waals surface area contributed by atoms with Crippen molar-refractivity contribution in [2.24, 2.45) is 0 Å². The Labute approximate surface area is 112 Å². The molecule has 0 saturated heterocycles. The Balaban J connectivity index is 2.11. The van der Waals surface area contributed by atoms with Crippen molar-refractivity contribution in [3.05, 3.63) is 63.9 Å². The molecule has 2 aromatic rings. The maximum Gasteiger partial charge on any atom is 0.125 e. The molecule has 0 aromatic heterocycles. The van der Waals surface area contributed by atoms with Crippen molar-refractivity contribution in [2.75, 3.05) is 5.32 Å². The number of hydrogen-bond acceptors (Lipinski definition) is 1. The summed E-state index contributed by atoms with van der Waals surface area (Å²) >= 11 is 5.91. The van der Waals surface area contributed by atoms with Crippen molar-refractivity contribution in [1.82, 2.24) is 0 Å². The highest BCUT2D eigenvalue weighted by atomic mass is 35.5. The van der Waals surface area contributed by atoms with E-state index in [-0.39, 0.29) is 5.82 Å². The zero-order chi connectivity index (χ0) is 13.1. The fourth-order valence-electron chi connectivity index (χ4n) is 1.89. The first-order chi connectivity index (χ1) is 8.54. The van der Waals surface area contributed by atoms with Gasteiger partial charge in [-0.1, -0.05) is 17.7 Å². The van der Waals surface area contributed by atoms with Gasteiger partial charge in [0.2, 0.25) is 0 Å².